The predicted octanol–water partition coefficient (Wildman–Crippen LogP) is 5.13. The van der Waals surface area contributed by atoms with Gasteiger partial charge in [0, 0.05) is 35.4 Å². The van der Waals surface area contributed by atoms with Crippen molar-refractivity contribution in [2.24, 2.45) is 5.92 Å². The van der Waals surface area contributed by atoms with Gasteiger partial charge in [-0.2, -0.15) is 0 Å². The lowest BCUT2D eigenvalue weighted by Gasteiger charge is -2.20. The molecule has 1 aliphatic rings. The number of nitrogens with one attached hydrogen (secondary N) is 2. The molecule has 4 rings (SSSR count). The van der Waals surface area contributed by atoms with Gasteiger partial charge >= 0.3 is 0 Å². The maximum absolute atomic E-state index is 14.3. The molecule has 4 nitrogen and oxygen atoms in total. The van der Waals surface area contributed by atoms with Crippen LogP contribution in [0, 0.1) is 32.5 Å². The van der Waals surface area contributed by atoms with Gasteiger partial charge in [0.15, 0.2) is 0 Å². The molecule has 0 aliphatic heterocycles. The molecule has 0 amide bonds. The Morgan fingerprint density at radius 1 is 1.03 bits per heavy atom. The summed E-state index contributed by atoms with van der Waals surface area (Å²) in [6.45, 7) is 7.19. The Kier molecular flexibility index (Phi) is 6.42. The zero-order valence-electron chi connectivity index (χ0n) is 19.0. The molecule has 1 atom stereocenters. The van der Waals surface area contributed by atoms with E-state index >= 15 is 0 Å². The number of pyridine rings is 1. The quantitative estimate of drug-likeness (QED) is 0.504. The molecular weight excluding hydrogens is 387 g/mol. The van der Waals surface area contributed by atoms with E-state index in [1.165, 1.54) is 29.8 Å². The number of hydrogen-bond acceptors (Lipinski definition) is 3. The van der Waals surface area contributed by atoms with E-state index < -0.39 is 0 Å². The number of likely N-dealkylation sites (N-methyl/N-ethyl adjacent to an activating group) is 1. The Morgan fingerprint density at radius 3 is 2.45 bits per heavy atom. The van der Waals surface area contributed by atoms with Gasteiger partial charge in [0.05, 0.1) is 0 Å². The van der Waals surface area contributed by atoms with Crippen molar-refractivity contribution >= 4 is 5.69 Å². The molecule has 3 aromatic rings. The molecule has 0 spiro atoms. The fraction of sp³-hybridized carbons (Fsp3) is 0.423. The molecule has 1 aliphatic carbocycles. The summed E-state index contributed by atoms with van der Waals surface area (Å²) in [4.78, 5) is 4.91. The van der Waals surface area contributed by atoms with Gasteiger partial charge in [-0.15, -0.1) is 0 Å². The number of benzene rings is 1. The Bertz CT molecular complexity index is 1030. The highest BCUT2D eigenvalue weighted by atomic mass is 19.1. The first kappa shape index (κ1) is 21.6. The summed E-state index contributed by atoms with van der Waals surface area (Å²) in [6.07, 6.45) is 4.04. The average molecular weight is 421 g/mol. The lowest BCUT2D eigenvalue weighted by atomic mass is 10.0. The third-order valence-corrected chi connectivity index (χ3v) is 6.10. The van der Waals surface area contributed by atoms with Crippen molar-refractivity contribution in [1.82, 2.24) is 14.9 Å². The van der Waals surface area contributed by atoms with E-state index in [4.69, 9.17) is 4.98 Å². The third kappa shape index (κ3) is 5.34. The molecule has 164 valence electrons. The van der Waals surface area contributed by atoms with Crippen LogP contribution >= 0.6 is 0 Å². The highest BCUT2D eigenvalue weighted by molar-refractivity contribution is 5.48. The van der Waals surface area contributed by atoms with Crippen LogP contribution in [0.15, 0.2) is 42.5 Å². The molecule has 0 radical (unpaired) electrons. The summed E-state index contributed by atoms with van der Waals surface area (Å²) in [5, 5.41) is 6.80. The smallest absolute Gasteiger partial charge is 0.137 e. The Balaban J connectivity index is 1.50. The molecule has 0 bridgehead atoms. The minimum atomic E-state index is -0.185. The van der Waals surface area contributed by atoms with Crippen LogP contribution in [0.5, 0.6) is 0 Å². The largest absolute Gasteiger partial charge is 0.381 e. The molecule has 0 saturated heterocycles. The standard InChI is InChI=1S/C26H33FN4/c1-17-11-23(30-26(12-17)31-18(2)5-6-19(31)3)10-7-20-13-22(27)15-24(14-20)29-25(16-28-4)21-8-9-21/h5-6,11-15,21,25,28-29H,7-10,16H2,1-4H3. The van der Waals surface area contributed by atoms with Crippen LogP contribution in [0.4, 0.5) is 10.1 Å². The Labute approximate surface area is 184 Å². The molecule has 1 aromatic carbocycles. The SMILES string of the molecule is CNCC(Nc1cc(F)cc(CCc2cc(C)cc(-n3c(C)ccc3C)n2)c1)C1CC1. The lowest BCUT2D eigenvalue weighted by molar-refractivity contribution is 0.590. The minimum absolute atomic E-state index is 0.185. The monoisotopic (exact) mass is 420 g/mol. The molecule has 2 N–H and O–H groups in total. The van der Waals surface area contributed by atoms with Crippen molar-refractivity contribution in [3.63, 3.8) is 0 Å². The van der Waals surface area contributed by atoms with Crippen molar-refractivity contribution in [1.29, 1.82) is 0 Å². The molecular formula is C26H33FN4. The zero-order chi connectivity index (χ0) is 22.0. The summed E-state index contributed by atoms with van der Waals surface area (Å²) in [5.74, 6) is 1.46. The second kappa shape index (κ2) is 9.23. The van der Waals surface area contributed by atoms with Crippen LogP contribution in [0.2, 0.25) is 0 Å². The predicted molar refractivity (Wildman–Crippen MR) is 126 cm³/mol. The van der Waals surface area contributed by atoms with E-state index in [0.29, 0.717) is 12.0 Å². The highest BCUT2D eigenvalue weighted by Gasteiger charge is 2.30. The first-order valence-electron chi connectivity index (χ1n) is 11.3. The third-order valence-electron chi connectivity index (χ3n) is 6.10. The van der Waals surface area contributed by atoms with Gasteiger partial charge in [0.2, 0.25) is 0 Å². The van der Waals surface area contributed by atoms with Crippen molar-refractivity contribution in [2.45, 2.75) is 52.5 Å². The zero-order valence-corrected chi connectivity index (χ0v) is 19.0. The molecule has 2 heterocycles. The number of aryl methyl sites for hydroxylation is 5. The first-order chi connectivity index (χ1) is 14.9. The van der Waals surface area contributed by atoms with Crippen molar-refractivity contribution in [3.05, 3.63) is 76.5 Å². The van der Waals surface area contributed by atoms with Gasteiger partial charge in [-0.1, -0.05) is 0 Å². The summed E-state index contributed by atoms with van der Waals surface area (Å²) in [5.41, 5.74) is 6.45. The van der Waals surface area contributed by atoms with E-state index in [1.54, 1.807) is 12.1 Å². The van der Waals surface area contributed by atoms with Crippen LogP contribution in [-0.2, 0) is 12.8 Å². The molecule has 1 unspecified atom stereocenters. The maximum atomic E-state index is 14.3. The van der Waals surface area contributed by atoms with Crippen LogP contribution < -0.4 is 10.6 Å². The van der Waals surface area contributed by atoms with Crippen LogP contribution in [0.1, 0.15) is 41.1 Å². The van der Waals surface area contributed by atoms with Crippen molar-refractivity contribution in [2.75, 3.05) is 18.9 Å². The van der Waals surface area contributed by atoms with Gasteiger partial charge in [0.1, 0.15) is 11.6 Å². The van der Waals surface area contributed by atoms with Gasteiger partial charge in [-0.25, -0.2) is 9.37 Å². The second-order valence-electron chi connectivity index (χ2n) is 8.94. The molecule has 2 aromatic heterocycles. The molecule has 1 fully saturated rings. The maximum Gasteiger partial charge on any atom is 0.137 e. The number of nitrogens with zero attached hydrogens (tertiary/aromatic N) is 2. The Hall–Kier alpha value is -2.66. The van der Waals surface area contributed by atoms with Crippen LogP contribution in [0.3, 0.4) is 0 Å². The van der Waals surface area contributed by atoms with E-state index in [1.807, 2.05) is 7.05 Å². The average Bonchev–Trinajstić information content (AvgIpc) is 3.50. The topological polar surface area (TPSA) is 41.9 Å². The summed E-state index contributed by atoms with van der Waals surface area (Å²) in [7, 11) is 1.97. The number of hydrogen-bond donors (Lipinski definition) is 2. The van der Waals surface area contributed by atoms with Gasteiger partial charge < -0.3 is 15.2 Å². The molecule has 5 heteroatoms. The molecule has 31 heavy (non-hydrogen) atoms. The van der Waals surface area contributed by atoms with E-state index in [-0.39, 0.29) is 5.82 Å². The van der Waals surface area contributed by atoms with Crippen LogP contribution in [0.25, 0.3) is 5.82 Å². The summed E-state index contributed by atoms with van der Waals surface area (Å²) < 4.78 is 16.5. The van der Waals surface area contributed by atoms with Crippen LogP contribution in [-0.4, -0.2) is 29.2 Å². The number of halogens is 1. The van der Waals surface area contributed by atoms with Gasteiger partial charge in [0.25, 0.3) is 0 Å². The normalized spacial score (nSPS) is 14.6. The Morgan fingerprint density at radius 2 is 1.77 bits per heavy atom. The van der Waals surface area contributed by atoms with E-state index in [0.717, 1.165) is 42.1 Å². The van der Waals surface area contributed by atoms with Gasteiger partial charge in [-0.3, -0.25) is 0 Å². The minimum Gasteiger partial charge on any atom is -0.381 e. The fourth-order valence-corrected chi connectivity index (χ4v) is 4.41. The number of aromatic nitrogens is 2. The summed E-state index contributed by atoms with van der Waals surface area (Å²) in [6, 6.07) is 14.2. The first-order valence-corrected chi connectivity index (χ1v) is 11.3. The number of anilines is 1. The van der Waals surface area contributed by atoms with E-state index in [9.17, 15) is 4.39 Å². The summed E-state index contributed by atoms with van der Waals surface area (Å²) >= 11 is 0. The molecule has 1 saturated carbocycles. The van der Waals surface area contributed by atoms with E-state index in [2.05, 4.69) is 66.3 Å². The fourth-order valence-electron chi connectivity index (χ4n) is 4.41. The van der Waals surface area contributed by atoms with Gasteiger partial charge in [-0.05, 0) is 113 Å². The number of rotatable bonds is 9. The van der Waals surface area contributed by atoms with Crippen molar-refractivity contribution < 1.29 is 4.39 Å². The van der Waals surface area contributed by atoms with Crippen molar-refractivity contribution in [3.8, 4) is 5.82 Å². The highest BCUT2D eigenvalue weighted by Crippen LogP contribution is 2.34. The second-order valence-corrected chi connectivity index (χ2v) is 8.94. The lowest BCUT2D eigenvalue weighted by Crippen LogP contribution is -2.32.